The van der Waals surface area contributed by atoms with Crippen LogP contribution in [-0.2, 0) is 22.4 Å². The molecule has 0 spiro atoms. The zero-order valence-corrected chi connectivity index (χ0v) is 16.5. The summed E-state index contributed by atoms with van der Waals surface area (Å²) in [5.74, 6) is 0.628. The lowest BCUT2D eigenvalue weighted by Crippen LogP contribution is -2.50. The van der Waals surface area contributed by atoms with Crippen molar-refractivity contribution in [2.75, 3.05) is 44.6 Å². The van der Waals surface area contributed by atoms with Crippen molar-refractivity contribution >= 4 is 17.5 Å². The Morgan fingerprint density at radius 3 is 2.66 bits per heavy atom. The molecule has 2 amide bonds. The molecule has 2 aromatic rings. The fourth-order valence-electron chi connectivity index (χ4n) is 3.73. The van der Waals surface area contributed by atoms with Gasteiger partial charge in [0.25, 0.3) is 5.91 Å². The van der Waals surface area contributed by atoms with Crippen LogP contribution < -0.4 is 10.1 Å². The number of rotatable bonds is 6. The topological polar surface area (TPSA) is 74.8 Å². The number of fused-ring (bicyclic) bond motifs is 1. The van der Waals surface area contributed by atoms with Gasteiger partial charge in [0, 0.05) is 63.3 Å². The molecule has 0 saturated carbocycles. The van der Waals surface area contributed by atoms with E-state index < -0.39 is 0 Å². The molecule has 29 heavy (non-hydrogen) atoms. The molecule has 0 aliphatic carbocycles. The quantitative estimate of drug-likeness (QED) is 0.808. The standard InChI is InChI=1S/C22H26N4O3/c27-21-4-2-18-1-3-19(15-20(18)24-21)29-16-22(28)26-13-11-25(12-14-26)10-7-17-5-8-23-9-6-17/h1,3,5-6,8-9,15H,2,4,7,10-14,16H2,(H,24,27). The first kappa shape index (κ1) is 19.4. The Balaban J connectivity index is 1.21. The van der Waals surface area contributed by atoms with Crippen molar-refractivity contribution in [2.24, 2.45) is 0 Å². The number of carbonyl (C=O) groups is 2. The van der Waals surface area contributed by atoms with Crippen molar-refractivity contribution < 1.29 is 14.3 Å². The van der Waals surface area contributed by atoms with E-state index in [0.29, 0.717) is 12.2 Å². The molecule has 1 N–H and O–H groups in total. The summed E-state index contributed by atoms with van der Waals surface area (Å²) in [4.78, 5) is 32.3. The molecule has 0 radical (unpaired) electrons. The van der Waals surface area contributed by atoms with E-state index in [0.717, 1.165) is 56.8 Å². The van der Waals surface area contributed by atoms with Crippen molar-refractivity contribution in [3.8, 4) is 5.75 Å². The lowest BCUT2D eigenvalue weighted by molar-refractivity contribution is -0.135. The van der Waals surface area contributed by atoms with Gasteiger partial charge >= 0.3 is 0 Å². The van der Waals surface area contributed by atoms with E-state index in [9.17, 15) is 9.59 Å². The molecule has 1 aromatic carbocycles. The Labute approximate surface area is 170 Å². The monoisotopic (exact) mass is 394 g/mol. The molecule has 1 fully saturated rings. The lowest BCUT2D eigenvalue weighted by Gasteiger charge is -2.34. The second-order valence-corrected chi connectivity index (χ2v) is 7.48. The number of pyridine rings is 1. The highest BCUT2D eigenvalue weighted by molar-refractivity contribution is 5.94. The Bertz CT molecular complexity index is 864. The van der Waals surface area contributed by atoms with Crippen molar-refractivity contribution in [3.05, 3.63) is 53.9 Å². The van der Waals surface area contributed by atoms with Crippen molar-refractivity contribution in [1.29, 1.82) is 0 Å². The summed E-state index contributed by atoms with van der Waals surface area (Å²) in [6, 6.07) is 9.71. The largest absolute Gasteiger partial charge is 0.484 e. The van der Waals surface area contributed by atoms with E-state index in [1.807, 2.05) is 41.6 Å². The van der Waals surface area contributed by atoms with Crippen LogP contribution in [-0.4, -0.2) is 65.9 Å². The van der Waals surface area contributed by atoms with E-state index in [1.165, 1.54) is 5.56 Å². The van der Waals surface area contributed by atoms with Crippen LogP contribution in [0.1, 0.15) is 17.5 Å². The molecular formula is C22H26N4O3. The zero-order chi connectivity index (χ0) is 20.1. The number of amides is 2. The Morgan fingerprint density at radius 1 is 1.07 bits per heavy atom. The number of piperazine rings is 1. The molecule has 1 saturated heterocycles. The van der Waals surface area contributed by atoms with Crippen LogP contribution in [0.25, 0.3) is 0 Å². The van der Waals surface area contributed by atoms with Gasteiger partial charge in [-0.3, -0.25) is 19.5 Å². The Kier molecular flexibility index (Phi) is 6.05. The van der Waals surface area contributed by atoms with Crippen molar-refractivity contribution in [2.45, 2.75) is 19.3 Å². The molecule has 4 rings (SSSR count). The first-order valence-corrected chi connectivity index (χ1v) is 10.1. The van der Waals surface area contributed by atoms with Gasteiger partial charge in [0.1, 0.15) is 5.75 Å². The highest BCUT2D eigenvalue weighted by atomic mass is 16.5. The number of aryl methyl sites for hydroxylation is 1. The number of aromatic nitrogens is 1. The summed E-state index contributed by atoms with van der Waals surface area (Å²) in [5, 5.41) is 2.86. The number of ether oxygens (including phenoxy) is 1. The summed E-state index contributed by atoms with van der Waals surface area (Å²) in [6.07, 6.45) is 5.89. The van der Waals surface area contributed by atoms with Gasteiger partial charge in [-0.05, 0) is 42.2 Å². The van der Waals surface area contributed by atoms with Gasteiger partial charge in [0.2, 0.25) is 5.91 Å². The van der Waals surface area contributed by atoms with E-state index in [-0.39, 0.29) is 18.4 Å². The minimum absolute atomic E-state index is 0.000500. The summed E-state index contributed by atoms with van der Waals surface area (Å²) in [5.41, 5.74) is 3.17. The number of nitrogens with zero attached hydrogens (tertiary/aromatic N) is 3. The molecular weight excluding hydrogens is 368 g/mol. The molecule has 0 unspecified atom stereocenters. The van der Waals surface area contributed by atoms with Crippen LogP contribution in [0, 0.1) is 0 Å². The van der Waals surface area contributed by atoms with Gasteiger partial charge < -0.3 is 15.0 Å². The van der Waals surface area contributed by atoms with Gasteiger partial charge in [-0.1, -0.05) is 6.07 Å². The molecule has 2 aliphatic heterocycles. The SMILES string of the molecule is O=C1CCc2ccc(OCC(=O)N3CCN(CCc4ccncc4)CC3)cc2N1. The summed E-state index contributed by atoms with van der Waals surface area (Å²) < 4.78 is 5.69. The highest BCUT2D eigenvalue weighted by Gasteiger charge is 2.21. The fraction of sp³-hybridized carbons (Fsp3) is 0.409. The molecule has 152 valence electrons. The van der Waals surface area contributed by atoms with Gasteiger partial charge in [-0.2, -0.15) is 0 Å². The maximum Gasteiger partial charge on any atom is 0.260 e. The normalized spacial score (nSPS) is 16.8. The average molecular weight is 394 g/mol. The Morgan fingerprint density at radius 2 is 1.86 bits per heavy atom. The fourth-order valence-corrected chi connectivity index (χ4v) is 3.73. The van der Waals surface area contributed by atoms with E-state index in [1.54, 1.807) is 6.07 Å². The minimum Gasteiger partial charge on any atom is -0.484 e. The summed E-state index contributed by atoms with van der Waals surface area (Å²) in [7, 11) is 0. The lowest BCUT2D eigenvalue weighted by atomic mass is 10.0. The number of hydrogen-bond acceptors (Lipinski definition) is 5. The average Bonchev–Trinajstić information content (AvgIpc) is 2.77. The van der Waals surface area contributed by atoms with E-state index in [2.05, 4.69) is 15.2 Å². The van der Waals surface area contributed by atoms with Gasteiger partial charge in [-0.15, -0.1) is 0 Å². The first-order valence-electron chi connectivity index (χ1n) is 10.1. The third kappa shape index (κ3) is 5.12. The predicted octanol–water partition coefficient (Wildman–Crippen LogP) is 1.73. The van der Waals surface area contributed by atoms with Gasteiger partial charge in [0.05, 0.1) is 0 Å². The minimum atomic E-state index is 0.000500. The van der Waals surface area contributed by atoms with E-state index >= 15 is 0 Å². The maximum atomic E-state index is 12.5. The maximum absolute atomic E-state index is 12.5. The second-order valence-electron chi connectivity index (χ2n) is 7.48. The van der Waals surface area contributed by atoms with Crippen LogP contribution in [0.3, 0.4) is 0 Å². The van der Waals surface area contributed by atoms with Crippen LogP contribution in [0.5, 0.6) is 5.75 Å². The second kappa shape index (κ2) is 9.05. The van der Waals surface area contributed by atoms with Crippen LogP contribution in [0.2, 0.25) is 0 Å². The third-order valence-electron chi connectivity index (χ3n) is 5.53. The van der Waals surface area contributed by atoms with E-state index in [4.69, 9.17) is 4.74 Å². The van der Waals surface area contributed by atoms with Crippen LogP contribution >= 0.6 is 0 Å². The highest BCUT2D eigenvalue weighted by Crippen LogP contribution is 2.27. The molecule has 0 atom stereocenters. The number of anilines is 1. The van der Waals surface area contributed by atoms with Crippen molar-refractivity contribution in [3.63, 3.8) is 0 Å². The Hall–Kier alpha value is -2.93. The molecule has 3 heterocycles. The van der Waals surface area contributed by atoms with Crippen LogP contribution in [0.15, 0.2) is 42.7 Å². The number of nitrogens with one attached hydrogen (secondary N) is 1. The molecule has 2 aliphatic rings. The summed E-state index contributed by atoms with van der Waals surface area (Å²) >= 11 is 0. The number of hydrogen-bond donors (Lipinski definition) is 1. The third-order valence-corrected chi connectivity index (χ3v) is 5.53. The number of benzene rings is 1. The predicted molar refractivity (Wildman–Crippen MR) is 110 cm³/mol. The van der Waals surface area contributed by atoms with Gasteiger partial charge in [-0.25, -0.2) is 0 Å². The van der Waals surface area contributed by atoms with Gasteiger partial charge in [0.15, 0.2) is 6.61 Å². The summed E-state index contributed by atoms with van der Waals surface area (Å²) in [6.45, 7) is 4.20. The van der Waals surface area contributed by atoms with Crippen molar-refractivity contribution in [1.82, 2.24) is 14.8 Å². The zero-order valence-electron chi connectivity index (χ0n) is 16.5. The van der Waals surface area contributed by atoms with Crippen LogP contribution in [0.4, 0.5) is 5.69 Å². The molecule has 1 aromatic heterocycles. The number of carbonyl (C=O) groups excluding carboxylic acids is 2. The molecule has 7 heteroatoms. The first-order chi connectivity index (χ1) is 14.2. The molecule has 0 bridgehead atoms. The molecule has 7 nitrogen and oxygen atoms in total. The smallest absolute Gasteiger partial charge is 0.260 e.